The van der Waals surface area contributed by atoms with Crippen LogP contribution in [-0.2, 0) is 14.3 Å². The summed E-state index contributed by atoms with van der Waals surface area (Å²) in [5.74, 6) is -0.784. The number of methoxy groups -OCH3 is 2. The quantitative estimate of drug-likeness (QED) is 0.720. The van der Waals surface area contributed by atoms with Gasteiger partial charge in [0.1, 0.15) is 29.7 Å². The Hall–Kier alpha value is -2.71. The Balaban J connectivity index is 0.000000263. The zero-order valence-corrected chi connectivity index (χ0v) is 14.4. The molecule has 0 radical (unpaired) electrons. The van der Waals surface area contributed by atoms with Crippen molar-refractivity contribution in [3.8, 4) is 11.5 Å². The standard InChI is InChI=1S/C10H13FO3.C8H7FO3/c1-12-10(13-2)7-14-9-5-3-8(11)4-6-9;9-6-1-3-7(4-2-6)12-5-8(10)11/h3-6,10H,7H2,1-2H3;1-4H,5H2,(H,10,11). The highest BCUT2D eigenvalue weighted by Crippen LogP contribution is 2.12. The molecule has 0 spiro atoms. The van der Waals surface area contributed by atoms with Gasteiger partial charge in [-0.15, -0.1) is 0 Å². The second kappa shape index (κ2) is 11.8. The van der Waals surface area contributed by atoms with E-state index in [9.17, 15) is 13.6 Å². The van der Waals surface area contributed by atoms with Crippen LogP contribution < -0.4 is 9.47 Å². The van der Waals surface area contributed by atoms with Gasteiger partial charge < -0.3 is 24.1 Å². The van der Waals surface area contributed by atoms with Crippen LogP contribution >= 0.6 is 0 Å². The monoisotopic (exact) mass is 370 g/mol. The Bertz CT molecular complexity index is 642. The first-order valence-corrected chi connectivity index (χ1v) is 7.48. The third kappa shape index (κ3) is 8.95. The number of carboxylic acid groups (broad SMARTS) is 1. The molecule has 0 bridgehead atoms. The van der Waals surface area contributed by atoms with Crippen LogP contribution in [0.1, 0.15) is 0 Å². The predicted molar refractivity (Wildman–Crippen MR) is 89.2 cm³/mol. The van der Waals surface area contributed by atoms with Crippen molar-refractivity contribution in [3.05, 3.63) is 60.2 Å². The molecule has 0 saturated heterocycles. The van der Waals surface area contributed by atoms with Crippen molar-refractivity contribution in [2.24, 2.45) is 0 Å². The Morgan fingerprint density at radius 2 is 1.31 bits per heavy atom. The van der Waals surface area contributed by atoms with Gasteiger partial charge >= 0.3 is 5.97 Å². The Kier molecular flexibility index (Phi) is 9.66. The van der Waals surface area contributed by atoms with Crippen LogP contribution in [0.15, 0.2) is 48.5 Å². The summed E-state index contributed by atoms with van der Waals surface area (Å²) >= 11 is 0. The maximum atomic E-state index is 12.5. The molecule has 8 heteroatoms. The van der Waals surface area contributed by atoms with Crippen LogP contribution in [0.2, 0.25) is 0 Å². The van der Waals surface area contributed by atoms with E-state index in [1.54, 1.807) is 12.1 Å². The van der Waals surface area contributed by atoms with Gasteiger partial charge in [0, 0.05) is 14.2 Å². The number of aliphatic carboxylic acids is 1. The molecule has 26 heavy (non-hydrogen) atoms. The first-order chi connectivity index (χ1) is 12.4. The highest BCUT2D eigenvalue weighted by Gasteiger charge is 2.05. The van der Waals surface area contributed by atoms with Crippen molar-refractivity contribution in [1.29, 1.82) is 0 Å². The topological polar surface area (TPSA) is 74.2 Å². The van der Waals surface area contributed by atoms with Crippen LogP contribution in [0.4, 0.5) is 8.78 Å². The largest absolute Gasteiger partial charge is 0.488 e. The van der Waals surface area contributed by atoms with Crippen molar-refractivity contribution < 1.29 is 37.6 Å². The summed E-state index contributed by atoms with van der Waals surface area (Å²) < 4.78 is 44.7. The fourth-order valence-electron chi connectivity index (χ4n) is 1.60. The third-order valence-corrected chi connectivity index (χ3v) is 2.90. The molecule has 0 fully saturated rings. The summed E-state index contributed by atoms with van der Waals surface area (Å²) in [7, 11) is 3.06. The minimum absolute atomic E-state index is 0.276. The second-order valence-electron chi connectivity index (χ2n) is 4.80. The second-order valence-corrected chi connectivity index (χ2v) is 4.80. The van der Waals surface area contributed by atoms with Gasteiger partial charge in [0.05, 0.1) is 0 Å². The van der Waals surface area contributed by atoms with Crippen molar-refractivity contribution in [3.63, 3.8) is 0 Å². The number of ether oxygens (including phenoxy) is 4. The SMILES string of the molecule is COC(COc1ccc(F)cc1)OC.O=C(O)COc1ccc(F)cc1. The van der Waals surface area contributed by atoms with Gasteiger partial charge in [-0.25, -0.2) is 13.6 Å². The van der Waals surface area contributed by atoms with Crippen molar-refractivity contribution in [1.82, 2.24) is 0 Å². The van der Waals surface area contributed by atoms with Crippen LogP contribution in [0.25, 0.3) is 0 Å². The number of carbonyl (C=O) groups is 1. The molecule has 0 aliphatic rings. The maximum Gasteiger partial charge on any atom is 0.341 e. The number of halogens is 2. The average Bonchev–Trinajstić information content (AvgIpc) is 2.64. The lowest BCUT2D eigenvalue weighted by Gasteiger charge is -2.14. The van der Waals surface area contributed by atoms with E-state index in [0.29, 0.717) is 11.5 Å². The van der Waals surface area contributed by atoms with Crippen molar-refractivity contribution >= 4 is 5.97 Å². The number of carboxylic acids is 1. The molecule has 2 aromatic rings. The summed E-state index contributed by atoms with van der Waals surface area (Å²) in [6.45, 7) is -0.135. The normalized spacial score (nSPS) is 10.0. The van der Waals surface area contributed by atoms with Crippen LogP contribution in [0.3, 0.4) is 0 Å². The minimum Gasteiger partial charge on any atom is -0.488 e. The van der Waals surface area contributed by atoms with Crippen LogP contribution in [0.5, 0.6) is 11.5 Å². The molecule has 0 aliphatic heterocycles. The highest BCUT2D eigenvalue weighted by molar-refractivity contribution is 5.68. The fourth-order valence-corrected chi connectivity index (χ4v) is 1.60. The first kappa shape index (κ1) is 21.3. The lowest BCUT2D eigenvalue weighted by molar-refractivity contribution is -0.139. The van der Waals surface area contributed by atoms with Gasteiger partial charge in [-0.2, -0.15) is 0 Å². The van der Waals surface area contributed by atoms with E-state index in [2.05, 4.69) is 0 Å². The number of hydrogen-bond acceptors (Lipinski definition) is 5. The molecule has 0 aliphatic carbocycles. The molecule has 0 aromatic heterocycles. The lowest BCUT2D eigenvalue weighted by Crippen LogP contribution is -2.21. The number of benzene rings is 2. The number of rotatable bonds is 8. The van der Waals surface area contributed by atoms with Crippen LogP contribution in [0, 0.1) is 11.6 Å². The molecule has 2 aromatic carbocycles. The zero-order chi connectivity index (χ0) is 19.4. The third-order valence-electron chi connectivity index (χ3n) is 2.90. The summed E-state index contributed by atoms with van der Waals surface area (Å²) in [5.41, 5.74) is 0. The van der Waals surface area contributed by atoms with E-state index in [4.69, 9.17) is 24.1 Å². The maximum absolute atomic E-state index is 12.5. The summed E-state index contributed by atoms with van der Waals surface area (Å²) in [6, 6.07) is 10.9. The van der Waals surface area contributed by atoms with Gasteiger partial charge in [-0.1, -0.05) is 0 Å². The Morgan fingerprint density at radius 1 is 0.885 bits per heavy atom. The molecule has 1 N–H and O–H groups in total. The predicted octanol–water partition coefficient (Wildman–Crippen LogP) is 3.11. The molecule has 2 rings (SSSR count). The highest BCUT2D eigenvalue weighted by atomic mass is 19.1. The van der Waals surface area contributed by atoms with E-state index in [1.165, 1.54) is 50.6 Å². The molecule has 0 unspecified atom stereocenters. The van der Waals surface area contributed by atoms with Gasteiger partial charge in [0.2, 0.25) is 0 Å². The van der Waals surface area contributed by atoms with Crippen molar-refractivity contribution in [2.75, 3.05) is 27.4 Å². The van der Waals surface area contributed by atoms with E-state index < -0.39 is 18.9 Å². The van der Waals surface area contributed by atoms with Crippen molar-refractivity contribution in [2.45, 2.75) is 6.29 Å². The zero-order valence-electron chi connectivity index (χ0n) is 14.4. The molecule has 0 atom stereocenters. The first-order valence-electron chi connectivity index (χ1n) is 7.48. The van der Waals surface area contributed by atoms with Gasteiger partial charge in [0.25, 0.3) is 0 Å². The number of hydrogen-bond donors (Lipinski definition) is 1. The molecular weight excluding hydrogens is 350 g/mol. The van der Waals surface area contributed by atoms with E-state index >= 15 is 0 Å². The molecule has 6 nitrogen and oxygen atoms in total. The summed E-state index contributed by atoms with van der Waals surface area (Å²) in [4.78, 5) is 10.0. The minimum atomic E-state index is -1.06. The molecule has 142 valence electrons. The van der Waals surface area contributed by atoms with Crippen LogP contribution in [-0.4, -0.2) is 44.8 Å². The fraction of sp³-hybridized carbons (Fsp3) is 0.278. The Morgan fingerprint density at radius 3 is 1.69 bits per heavy atom. The summed E-state index contributed by atoms with van der Waals surface area (Å²) in [6.07, 6.45) is -0.403. The molecule has 0 saturated carbocycles. The van der Waals surface area contributed by atoms with Gasteiger partial charge in [-0.05, 0) is 48.5 Å². The van der Waals surface area contributed by atoms with Gasteiger partial charge in [-0.3, -0.25) is 0 Å². The van der Waals surface area contributed by atoms with Gasteiger partial charge in [0.15, 0.2) is 12.9 Å². The lowest BCUT2D eigenvalue weighted by atomic mass is 10.3. The Labute approximate surface area is 149 Å². The summed E-state index contributed by atoms with van der Waals surface area (Å²) in [5, 5.41) is 8.23. The van der Waals surface area contributed by atoms with E-state index in [-0.39, 0.29) is 18.2 Å². The molecular formula is C18H20F2O6. The molecule has 0 amide bonds. The van der Waals surface area contributed by atoms with E-state index in [1.807, 2.05) is 0 Å². The average molecular weight is 370 g/mol. The molecule has 0 heterocycles. The van der Waals surface area contributed by atoms with E-state index in [0.717, 1.165) is 0 Å². The smallest absolute Gasteiger partial charge is 0.341 e.